The van der Waals surface area contributed by atoms with E-state index in [4.69, 9.17) is 15.6 Å². The van der Waals surface area contributed by atoms with Crippen LogP contribution in [0.4, 0.5) is 0 Å². The second-order valence-corrected chi connectivity index (χ2v) is 18.9. The Bertz CT molecular complexity index is 1190. The number of nitrogens with one attached hydrogen (secondary N) is 1. The predicted molar refractivity (Wildman–Crippen MR) is 255 cm³/mol. The van der Waals surface area contributed by atoms with Gasteiger partial charge in [-0.05, 0) is 25.7 Å². The van der Waals surface area contributed by atoms with E-state index in [0.717, 1.165) is 51.4 Å². The molecule has 0 unspecified atom stereocenters. The molecule has 1 aliphatic heterocycles. The molecule has 13 nitrogen and oxygen atoms in total. The molecule has 1 aliphatic rings. The van der Waals surface area contributed by atoms with E-state index in [1.54, 1.807) is 0 Å². The van der Waals surface area contributed by atoms with Crippen LogP contribution in [-0.2, 0) is 23.9 Å². The van der Waals surface area contributed by atoms with Crippen LogP contribution in [0.3, 0.4) is 0 Å². The Morgan fingerprint density at radius 1 is 0.562 bits per heavy atom. The summed E-state index contributed by atoms with van der Waals surface area (Å²) in [7, 11) is 0. The van der Waals surface area contributed by atoms with E-state index < -0.39 is 67.0 Å². The molecule has 0 saturated carbocycles. The van der Waals surface area contributed by atoms with Gasteiger partial charge in [0.15, 0.2) is 5.78 Å². The minimum atomic E-state index is -2.30. The van der Waals surface area contributed by atoms with Gasteiger partial charge in [0.1, 0.15) is 24.2 Å². The van der Waals surface area contributed by atoms with Gasteiger partial charge in [-0.25, -0.2) is 0 Å². The lowest BCUT2D eigenvalue weighted by Crippen LogP contribution is -2.76. The van der Waals surface area contributed by atoms with Crippen LogP contribution in [0.15, 0.2) is 0 Å². The smallest absolute Gasteiger partial charge is 0.303 e. The van der Waals surface area contributed by atoms with Crippen molar-refractivity contribution in [2.75, 3.05) is 19.8 Å². The lowest BCUT2D eigenvalue weighted by Gasteiger charge is -2.53. The van der Waals surface area contributed by atoms with E-state index in [1.807, 2.05) is 0 Å². The van der Waals surface area contributed by atoms with Gasteiger partial charge in [-0.1, -0.05) is 200 Å². The van der Waals surface area contributed by atoms with E-state index in [-0.39, 0.29) is 44.6 Å². The zero-order chi connectivity index (χ0) is 47.3. The fourth-order valence-corrected chi connectivity index (χ4v) is 9.14. The van der Waals surface area contributed by atoms with Crippen molar-refractivity contribution < 1.29 is 49.4 Å². The third-order valence-corrected chi connectivity index (χ3v) is 13.2. The summed E-state index contributed by atoms with van der Waals surface area (Å²) in [6, 6.07) is -1.56. The molecule has 8 N–H and O–H groups in total. The third kappa shape index (κ3) is 26.2. The number of amides is 2. The first kappa shape index (κ1) is 59.9. The van der Waals surface area contributed by atoms with Crippen molar-refractivity contribution in [3.8, 4) is 0 Å². The van der Waals surface area contributed by atoms with E-state index in [1.165, 1.54) is 140 Å². The molecular formula is C51H97N3O10. The first-order chi connectivity index (χ1) is 31.0. The van der Waals surface area contributed by atoms with Crippen molar-refractivity contribution in [2.45, 2.75) is 275 Å². The molecule has 0 aromatic carbocycles. The van der Waals surface area contributed by atoms with Gasteiger partial charge in [-0.15, -0.1) is 0 Å². The van der Waals surface area contributed by atoms with Crippen LogP contribution in [0.5, 0.6) is 0 Å². The first-order valence-electron chi connectivity index (χ1n) is 26.4. The van der Waals surface area contributed by atoms with Crippen molar-refractivity contribution in [3.05, 3.63) is 0 Å². The zero-order valence-corrected chi connectivity index (χ0v) is 40.8. The molecule has 1 rings (SSSR count). The molecule has 1 saturated heterocycles. The average molecular weight is 912 g/mol. The van der Waals surface area contributed by atoms with Crippen LogP contribution in [0.2, 0.25) is 0 Å². The molecule has 1 fully saturated rings. The van der Waals surface area contributed by atoms with Gasteiger partial charge >= 0.3 is 5.97 Å². The molecule has 376 valence electrons. The summed E-state index contributed by atoms with van der Waals surface area (Å²) in [5, 5.41) is 54.3. The SMILES string of the molecule is CCCCCCCCCCCCCCCCCCN(C(=O)CCCCCCCCCCCCCCCCC)[C@]1(N)O[C@H](CO)[C@@H](O)[C@H](O)[C@H]1C(=O)[C@H](CO)NC(=O)CCCCC(=O)O. The lowest BCUT2D eigenvalue weighted by molar-refractivity contribution is -0.292. The molecule has 0 aromatic heterocycles. The summed E-state index contributed by atoms with van der Waals surface area (Å²) in [5.74, 6) is -6.99. The largest absolute Gasteiger partial charge is 0.481 e. The van der Waals surface area contributed by atoms with Crippen LogP contribution in [0.25, 0.3) is 0 Å². The number of carbonyl (C=O) groups excluding carboxylic acids is 3. The van der Waals surface area contributed by atoms with Crippen LogP contribution in [0, 0.1) is 5.92 Å². The maximum atomic E-state index is 14.2. The molecule has 64 heavy (non-hydrogen) atoms. The number of hydrogen-bond donors (Lipinski definition) is 7. The number of aliphatic hydroxyl groups is 4. The molecular weight excluding hydrogens is 815 g/mol. The van der Waals surface area contributed by atoms with E-state index in [9.17, 15) is 39.6 Å². The highest BCUT2D eigenvalue weighted by Gasteiger charge is 2.59. The standard InChI is InChI=1S/C51H97N3O10/c1-3-5-7-9-11-13-15-17-19-21-23-25-27-29-31-35-39-54(45(58)37-32-30-28-26-24-22-20-18-16-14-12-10-8-6-4-2)51(52)47(50(63)49(62)43(41-56)64-51)48(61)42(40-55)53-44(57)36-33-34-38-46(59)60/h42-43,47,49-50,55-56,62-63H,3-41,52H2,1-2H3,(H,53,57)(H,59,60)/t42-,43+,47+,49+,50+,51-/m0/s1. The minimum absolute atomic E-state index is 0.104. The fraction of sp³-hybridized carbons (Fsp3) is 0.922. The number of unbranched alkanes of at least 4 members (excludes halogenated alkanes) is 30. The Kier molecular flexibility index (Phi) is 36.4. The van der Waals surface area contributed by atoms with Crippen LogP contribution in [0.1, 0.15) is 245 Å². The van der Waals surface area contributed by atoms with Gasteiger partial charge in [-0.3, -0.25) is 24.9 Å². The summed E-state index contributed by atoms with van der Waals surface area (Å²) in [5.41, 5.74) is 6.97. The Labute approximate surface area is 388 Å². The number of carbonyl (C=O) groups is 4. The molecule has 6 atom stereocenters. The monoisotopic (exact) mass is 912 g/mol. The topological polar surface area (TPSA) is 220 Å². The van der Waals surface area contributed by atoms with Crippen molar-refractivity contribution in [2.24, 2.45) is 11.7 Å². The van der Waals surface area contributed by atoms with Gasteiger partial charge in [0.2, 0.25) is 17.7 Å². The van der Waals surface area contributed by atoms with Gasteiger partial charge in [0.05, 0.1) is 19.3 Å². The summed E-state index contributed by atoms with van der Waals surface area (Å²) < 4.78 is 6.08. The fourth-order valence-electron chi connectivity index (χ4n) is 9.14. The van der Waals surface area contributed by atoms with Crippen LogP contribution in [-0.4, -0.2) is 104 Å². The number of ether oxygens (including phenoxy) is 1. The number of nitrogens with zero attached hydrogens (tertiary/aromatic N) is 1. The molecule has 0 bridgehead atoms. The van der Waals surface area contributed by atoms with Gasteiger partial charge in [0.25, 0.3) is 0 Å². The number of carboxylic acid groups (broad SMARTS) is 1. The first-order valence-corrected chi connectivity index (χ1v) is 26.4. The second-order valence-electron chi connectivity index (χ2n) is 18.9. The van der Waals surface area contributed by atoms with Crippen LogP contribution >= 0.6 is 0 Å². The Balaban J connectivity index is 2.90. The normalized spacial score (nSPS) is 20.3. The molecule has 2 amide bonds. The van der Waals surface area contributed by atoms with Gasteiger partial charge in [-0.2, -0.15) is 0 Å². The summed E-state index contributed by atoms with van der Waals surface area (Å²) >= 11 is 0. The highest BCUT2D eigenvalue weighted by Crippen LogP contribution is 2.37. The molecule has 0 aliphatic carbocycles. The maximum Gasteiger partial charge on any atom is 0.303 e. The van der Waals surface area contributed by atoms with E-state index in [0.29, 0.717) is 12.8 Å². The number of aliphatic hydroxyl groups excluding tert-OH is 4. The van der Waals surface area contributed by atoms with Crippen molar-refractivity contribution >= 4 is 23.6 Å². The molecule has 0 radical (unpaired) electrons. The zero-order valence-electron chi connectivity index (χ0n) is 40.8. The summed E-state index contributed by atoms with van der Waals surface area (Å²) in [6.07, 6.45) is 31.9. The molecule has 0 spiro atoms. The molecule has 1 heterocycles. The Morgan fingerprint density at radius 3 is 1.33 bits per heavy atom. The molecule has 13 heteroatoms. The maximum absolute atomic E-state index is 14.2. The molecule has 0 aromatic rings. The number of ketones is 1. The van der Waals surface area contributed by atoms with Crippen molar-refractivity contribution in [1.82, 2.24) is 10.2 Å². The minimum Gasteiger partial charge on any atom is -0.481 e. The second kappa shape index (κ2) is 38.9. The van der Waals surface area contributed by atoms with Crippen molar-refractivity contribution in [3.63, 3.8) is 0 Å². The number of nitrogens with two attached hydrogens (primary N) is 1. The average Bonchev–Trinajstić information content (AvgIpc) is 3.27. The highest BCUT2D eigenvalue weighted by atomic mass is 16.6. The predicted octanol–water partition coefficient (Wildman–Crippen LogP) is 9.37. The lowest BCUT2D eigenvalue weighted by atomic mass is 9.80. The van der Waals surface area contributed by atoms with Gasteiger partial charge < -0.3 is 40.5 Å². The number of hydrogen-bond acceptors (Lipinski definition) is 10. The quantitative estimate of drug-likeness (QED) is 0.0226. The van der Waals surface area contributed by atoms with Crippen LogP contribution < -0.4 is 11.1 Å². The number of aliphatic carboxylic acids is 1. The van der Waals surface area contributed by atoms with E-state index >= 15 is 0 Å². The van der Waals surface area contributed by atoms with Crippen molar-refractivity contribution in [1.29, 1.82) is 0 Å². The van der Waals surface area contributed by atoms with Gasteiger partial charge in [0, 0.05) is 25.8 Å². The Morgan fingerprint density at radius 2 is 0.938 bits per heavy atom. The number of Topliss-reactive ketones (excluding diaryl/α,β-unsaturated/α-hetero) is 1. The van der Waals surface area contributed by atoms with E-state index in [2.05, 4.69) is 19.2 Å². The Hall–Kier alpha value is -2.16. The highest BCUT2D eigenvalue weighted by molar-refractivity contribution is 5.92. The summed E-state index contributed by atoms with van der Waals surface area (Å²) in [6.45, 7) is 3.00. The number of carboxylic acids is 1. The third-order valence-electron chi connectivity index (χ3n) is 13.2. The number of rotatable bonds is 44. The summed E-state index contributed by atoms with van der Waals surface area (Å²) in [4.78, 5) is 53.4.